The molecule has 0 spiro atoms. The third-order valence-electron chi connectivity index (χ3n) is 5.64. The van der Waals surface area contributed by atoms with E-state index in [1.54, 1.807) is 11.3 Å². The number of hydrogen-bond donors (Lipinski definition) is 1. The van der Waals surface area contributed by atoms with Gasteiger partial charge in [-0.05, 0) is 42.9 Å². The van der Waals surface area contributed by atoms with E-state index < -0.39 is 0 Å². The van der Waals surface area contributed by atoms with Gasteiger partial charge in [0.15, 0.2) is 4.96 Å². The molecule has 2 fully saturated rings. The summed E-state index contributed by atoms with van der Waals surface area (Å²) in [6.07, 6.45) is 11.3. The number of thiazole rings is 1. The summed E-state index contributed by atoms with van der Waals surface area (Å²) in [5.41, 5.74) is 1.75. The van der Waals surface area contributed by atoms with Gasteiger partial charge in [-0.1, -0.05) is 20.3 Å². The second kappa shape index (κ2) is 5.10. The van der Waals surface area contributed by atoms with Gasteiger partial charge in [-0.3, -0.25) is 4.40 Å². The zero-order chi connectivity index (χ0) is 14.4. The molecule has 3 unspecified atom stereocenters. The van der Waals surface area contributed by atoms with Gasteiger partial charge in [-0.25, -0.2) is 4.98 Å². The van der Waals surface area contributed by atoms with Crippen molar-refractivity contribution in [3.63, 3.8) is 0 Å². The molecule has 2 aliphatic rings. The van der Waals surface area contributed by atoms with E-state index in [-0.39, 0.29) is 0 Å². The van der Waals surface area contributed by atoms with Gasteiger partial charge in [0.1, 0.15) is 0 Å². The van der Waals surface area contributed by atoms with Gasteiger partial charge in [0, 0.05) is 30.4 Å². The van der Waals surface area contributed by atoms with E-state index in [4.69, 9.17) is 4.98 Å². The van der Waals surface area contributed by atoms with Gasteiger partial charge in [0.2, 0.25) is 0 Å². The summed E-state index contributed by atoms with van der Waals surface area (Å²) in [5.74, 6) is 1.89. The summed E-state index contributed by atoms with van der Waals surface area (Å²) < 4.78 is 2.18. The van der Waals surface area contributed by atoms with Crippen LogP contribution in [0.25, 0.3) is 4.96 Å². The predicted octanol–water partition coefficient (Wildman–Crippen LogP) is 3.74. The van der Waals surface area contributed by atoms with Crippen LogP contribution in [-0.2, 0) is 6.42 Å². The lowest BCUT2D eigenvalue weighted by Gasteiger charge is -2.38. The largest absolute Gasteiger partial charge is 0.314 e. The zero-order valence-corrected chi connectivity index (χ0v) is 13.8. The summed E-state index contributed by atoms with van der Waals surface area (Å²) in [6.45, 7) is 5.68. The van der Waals surface area contributed by atoms with Gasteiger partial charge >= 0.3 is 0 Å². The lowest BCUT2D eigenvalue weighted by molar-refractivity contribution is 0.151. The minimum Gasteiger partial charge on any atom is -0.314 e. The molecule has 2 aromatic rings. The quantitative estimate of drug-likeness (QED) is 0.911. The van der Waals surface area contributed by atoms with Crippen LogP contribution >= 0.6 is 11.3 Å². The summed E-state index contributed by atoms with van der Waals surface area (Å²) in [7, 11) is 0. The Morgan fingerprint density at radius 3 is 3.05 bits per heavy atom. The number of nitrogens with zero attached hydrogens (tertiary/aromatic N) is 2. The molecule has 0 saturated heterocycles. The van der Waals surface area contributed by atoms with Gasteiger partial charge in [0.05, 0.1) is 5.69 Å². The molecule has 3 atom stereocenters. The van der Waals surface area contributed by atoms with E-state index in [9.17, 15) is 0 Å². The molecule has 21 heavy (non-hydrogen) atoms. The first kappa shape index (κ1) is 13.8. The number of fused-ring (bicyclic) bond motifs is 3. The molecule has 4 rings (SSSR count). The number of aromatic nitrogens is 2. The van der Waals surface area contributed by atoms with Crippen molar-refractivity contribution in [3.05, 3.63) is 23.5 Å². The molecule has 2 aliphatic carbocycles. The molecule has 4 heteroatoms. The second-order valence-corrected chi connectivity index (χ2v) is 8.35. The topological polar surface area (TPSA) is 29.3 Å². The fraction of sp³-hybridized carbons (Fsp3) is 0.706. The van der Waals surface area contributed by atoms with Crippen molar-refractivity contribution in [2.45, 2.75) is 52.0 Å². The Morgan fingerprint density at radius 1 is 1.48 bits per heavy atom. The fourth-order valence-corrected chi connectivity index (χ4v) is 5.40. The van der Waals surface area contributed by atoms with E-state index >= 15 is 0 Å². The molecule has 0 amide bonds. The van der Waals surface area contributed by atoms with E-state index in [2.05, 4.69) is 41.3 Å². The smallest absolute Gasteiger partial charge is 0.193 e. The molecule has 1 N–H and O–H groups in total. The van der Waals surface area contributed by atoms with Crippen LogP contribution in [0.15, 0.2) is 17.8 Å². The molecule has 114 valence electrons. The van der Waals surface area contributed by atoms with Crippen LogP contribution in [-0.4, -0.2) is 22.0 Å². The van der Waals surface area contributed by atoms with Gasteiger partial charge < -0.3 is 5.32 Å². The first-order chi connectivity index (χ1) is 10.1. The van der Waals surface area contributed by atoms with Crippen LogP contribution in [0.3, 0.4) is 0 Å². The highest BCUT2D eigenvalue weighted by Gasteiger charge is 2.50. The molecule has 2 bridgehead atoms. The summed E-state index contributed by atoms with van der Waals surface area (Å²) in [4.78, 5) is 5.98. The van der Waals surface area contributed by atoms with Crippen molar-refractivity contribution in [2.75, 3.05) is 6.54 Å². The monoisotopic (exact) mass is 303 g/mol. The van der Waals surface area contributed by atoms with Crippen molar-refractivity contribution < 1.29 is 0 Å². The normalized spacial score (nSPS) is 31.8. The molecule has 0 radical (unpaired) electrons. The first-order valence-electron chi connectivity index (χ1n) is 8.29. The molecule has 2 aromatic heterocycles. The predicted molar refractivity (Wildman–Crippen MR) is 87.8 cm³/mol. The summed E-state index contributed by atoms with van der Waals surface area (Å²) in [6, 6.07) is 0.575. The van der Waals surface area contributed by atoms with Crippen LogP contribution in [0.5, 0.6) is 0 Å². The van der Waals surface area contributed by atoms with E-state index in [1.807, 2.05) is 0 Å². The van der Waals surface area contributed by atoms with Gasteiger partial charge in [-0.2, -0.15) is 0 Å². The fourth-order valence-electron chi connectivity index (χ4n) is 4.68. The molecular formula is C17H25N3S. The third-order valence-corrected chi connectivity index (χ3v) is 6.41. The van der Waals surface area contributed by atoms with E-state index in [1.165, 1.54) is 31.4 Å². The Balaban J connectivity index is 1.58. The van der Waals surface area contributed by atoms with Crippen molar-refractivity contribution in [3.8, 4) is 0 Å². The molecular weight excluding hydrogens is 278 g/mol. The lowest BCUT2D eigenvalue weighted by Crippen LogP contribution is -2.42. The van der Waals surface area contributed by atoms with Crippen molar-refractivity contribution in [2.24, 2.45) is 17.3 Å². The number of rotatable bonds is 5. The minimum atomic E-state index is 0.456. The summed E-state index contributed by atoms with van der Waals surface area (Å²) in [5, 5.41) is 5.84. The Kier molecular flexibility index (Phi) is 3.34. The van der Waals surface area contributed by atoms with Crippen LogP contribution in [0, 0.1) is 17.3 Å². The van der Waals surface area contributed by atoms with Crippen molar-refractivity contribution in [1.82, 2.24) is 14.7 Å². The first-order valence-corrected chi connectivity index (χ1v) is 9.17. The number of imidazole rings is 1. The van der Waals surface area contributed by atoms with Crippen LogP contribution in [0.1, 0.15) is 45.2 Å². The van der Waals surface area contributed by atoms with E-state index in [0.717, 1.165) is 29.8 Å². The molecule has 0 aliphatic heterocycles. The Bertz CT molecular complexity index is 600. The third kappa shape index (κ3) is 2.42. The zero-order valence-electron chi connectivity index (χ0n) is 13.0. The van der Waals surface area contributed by atoms with Crippen molar-refractivity contribution >= 4 is 16.3 Å². The maximum absolute atomic E-state index is 4.85. The molecule has 2 saturated carbocycles. The van der Waals surface area contributed by atoms with Crippen molar-refractivity contribution in [1.29, 1.82) is 0 Å². The summed E-state index contributed by atoms with van der Waals surface area (Å²) >= 11 is 1.73. The Morgan fingerprint density at radius 2 is 2.38 bits per heavy atom. The van der Waals surface area contributed by atoms with Gasteiger partial charge in [-0.15, -0.1) is 11.3 Å². The average Bonchev–Trinajstić information content (AvgIpc) is 3.15. The highest BCUT2D eigenvalue weighted by atomic mass is 32.1. The molecule has 2 heterocycles. The average molecular weight is 303 g/mol. The molecule has 0 aromatic carbocycles. The highest BCUT2D eigenvalue weighted by molar-refractivity contribution is 7.15. The minimum absolute atomic E-state index is 0.456. The Labute approximate surface area is 130 Å². The lowest BCUT2D eigenvalue weighted by atomic mass is 9.70. The van der Waals surface area contributed by atoms with Gasteiger partial charge in [0.25, 0.3) is 0 Å². The van der Waals surface area contributed by atoms with Crippen LogP contribution in [0.4, 0.5) is 0 Å². The van der Waals surface area contributed by atoms with Crippen LogP contribution < -0.4 is 5.32 Å². The standard InChI is InChI=1S/C17H25N3S/c1-12(2)18-11-17(8-13-3-4-14(17)7-13)9-15-10-20-5-6-21-16(20)19-15/h5-6,10,12-14,18H,3-4,7-9,11H2,1-2H3. The van der Waals surface area contributed by atoms with E-state index in [0.29, 0.717) is 11.5 Å². The maximum atomic E-state index is 4.85. The highest BCUT2D eigenvalue weighted by Crippen LogP contribution is 2.57. The second-order valence-electron chi connectivity index (χ2n) is 7.48. The number of hydrogen-bond acceptors (Lipinski definition) is 3. The molecule has 3 nitrogen and oxygen atoms in total. The number of nitrogens with one attached hydrogen (secondary N) is 1. The maximum Gasteiger partial charge on any atom is 0.193 e. The SMILES string of the molecule is CC(C)NCC1(Cc2cn3ccsc3n2)CC2CCC1C2. The Hall–Kier alpha value is -0.870. The van der Waals surface area contributed by atoms with Crippen LogP contribution in [0.2, 0.25) is 0 Å².